The second-order valence-corrected chi connectivity index (χ2v) is 7.13. The van der Waals surface area contributed by atoms with Gasteiger partial charge in [-0.15, -0.1) is 0 Å². The Morgan fingerprint density at radius 3 is 2.44 bits per heavy atom. The predicted molar refractivity (Wildman–Crippen MR) is 123 cm³/mol. The number of carbonyl (C=O) groups is 2. The smallest absolute Gasteiger partial charge is 0.345 e. The Morgan fingerprint density at radius 1 is 1.03 bits per heavy atom. The van der Waals surface area contributed by atoms with Gasteiger partial charge in [-0.1, -0.05) is 48.0 Å². The highest BCUT2D eigenvalue weighted by molar-refractivity contribution is 6.33. The van der Waals surface area contributed by atoms with Crippen LogP contribution in [0, 0.1) is 18.3 Å². The Bertz CT molecular complexity index is 1240. The lowest BCUT2D eigenvalue weighted by Gasteiger charge is -2.11. The topological polar surface area (TPSA) is 88.4 Å². The molecule has 1 amide bonds. The normalized spacial score (nSPS) is 10.8. The Kier molecular flexibility index (Phi) is 7.27. The van der Waals surface area contributed by atoms with Crippen LogP contribution in [0.5, 0.6) is 11.5 Å². The maximum absolute atomic E-state index is 12.5. The van der Waals surface area contributed by atoms with Gasteiger partial charge in [-0.05, 0) is 54.5 Å². The number of aryl methyl sites for hydroxylation is 1. The molecule has 0 saturated heterocycles. The van der Waals surface area contributed by atoms with Gasteiger partial charge in [0.2, 0.25) is 0 Å². The first-order chi connectivity index (χ1) is 15.4. The molecule has 0 aliphatic carbocycles. The van der Waals surface area contributed by atoms with Crippen LogP contribution in [0.3, 0.4) is 0 Å². The van der Waals surface area contributed by atoms with Crippen molar-refractivity contribution >= 4 is 35.2 Å². The standard InChI is InChI=1S/C25H19ClN2O4/c1-16-7-3-6-10-21(16)28-24(29)18(15-27)13-17-11-12-22(23(14-17)31-2)32-25(30)19-8-4-5-9-20(19)26/h3-14H,1-2H3,(H,28,29)/b18-13+. The third kappa shape index (κ3) is 5.34. The molecule has 0 heterocycles. The van der Waals surface area contributed by atoms with E-state index in [0.29, 0.717) is 11.3 Å². The number of para-hydroxylation sites is 1. The molecule has 32 heavy (non-hydrogen) atoms. The minimum absolute atomic E-state index is 0.0869. The number of ether oxygens (including phenoxy) is 2. The minimum Gasteiger partial charge on any atom is -0.493 e. The van der Waals surface area contributed by atoms with E-state index in [4.69, 9.17) is 21.1 Å². The van der Waals surface area contributed by atoms with E-state index in [-0.39, 0.29) is 27.7 Å². The lowest BCUT2D eigenvalue weighted by Crippen LogP contribution is -2.14. The molecule has 3 aromatic carbocycles. The van der Waals surface area contributed by atoms with Crippen molar-refractivity contribution in [2.24, 2.45) is 0 Å². The van der Waals surface area contributed by atoms with Crippen LogP contribution in [-0.2, 0) is 4.79 Å². The van der Waals surface area contributed by atoms with E-state index in [0.717, 1.165) is 5.56 Å². The van der Waals surface area contributed by atoms with Gasteiger partial charge in [-0.25, -0.2) is 4.79 Å². The summed E-state index contributed by atoms with van der Waals surface area (Å²) in [5.41, 5.74) is 2.16. The minimum atomic E-state index is -0.632. The second kappa shape index (κ2) is 10.3. The van der Waals surface area contributed by atoms with Gasteiger partial charge in [0.1, 0.15) is 11.6 Å². The molecule has 0 fully saturated rings. The van der Waals surface area contributed by atoms with Crippen molar-refractivity contribution < 1.29 is 19.1 Å². The molecule has 0 aliphatic rings. The molecule has 0 aromatic heterocycles. The summed E-state index contributed by atoms with van der Waals surface area (Å²) in [5, 5.41) is 12.5. The molecule has 1 N–H and O–H groups in total. The number of hydrogen-bond acceptors (Lipinski definition) is 5. The van der Waals surface area contributed by atoms with Gasteiger partial charge in [0.05, 0.1) is 17.7 Å². The summed E-state index contributed by atoms with van der Waals surface area (Å²) >= 11 is 6.05. The number of rotatable bonds is 6. The molecule has 0 bridgehead atoms. The number of nitrogens with one attached hydrogen (secondary N) is 1. The molecule has 3 rings (SSSR count). The van der Waals surface area contributed by atoms with Crippen molar-refractivity contribution in [3.63, 3.8) is 0 Å². The maximum atomic E-state index is 12.5. The maximum Gasteiger partial charge on any atom is 0.345 e. The summed E-state index contributed by atoms with van der Waals surface area (Å²) in [7, 11) is 1.42. The molecular formula is C25H19ClN2O4. The number of halogens is 1. The van der Waals surface area contributed by atoms with E-state index >= 15 is 0 Å². The first-order valence-corrected chi connectivity index (χ1v) is 9.94. The Morgan fingerprint density at radius 2 is 1.75 bits per heavy atom. The number of anilines is 1. The highest BCUT2D eigenvalue weighted by atomic mass is 35.5. The van der Waals surface area contributed by atoms with Crippen LogP contribution in [0.1, 0.15) is 21.5 Å². The van der Waals surface area contributed by atoms with Crippen LogP contribution in [0.2, 0.25) is 5.02 Å². The van der Waals surface area contributed by atoms with Crippen molar-refractivity contribution in [1.29, 1.82) is 5.26 Å². The van der Waals surface area contributed by atoms with Gasteiger partial charge >= 0.3 is 5.97 Å². The number of methoxy groups -OCH3 is 1. The van der Waals surface area contributed by atoms with Gasteiger partial charge in [0, 0.05) is 5.69 Å². The zero-order valence-electron chi connectivity index (χ0n) is 17.4. The zero-order valence-corrected chi connectivity index (χ0v) is 18.1. The first kappa shape index (κ1) is 22.6. The molecule has 0 spiro atoms. The van der Waals surface area contributed by atoms with E-state index in [9.17, 15) is 14.9 Å². The Balaban J connectivity index is 1.82. The van der Waals surface area contributed by atoms with Gasteiger partial charge < -0.3 is 14.8 Å². The second-order valence-electron chi connectivity index (χ2n) is 6.72. The molecule has 0 aliphatic heterocycles. The predicted octanol–water partition coefficient (Wildman–Crippen LogP) is 5.42. The zero-order chi connectivity index (χ0) is 23.1. The summed E-state index contributed by atoms with van der Waals surface area (Å²) in [4.78, 5) is 25.0. The number of carbonyl (C=O) groups excluding carboxylic acids is 2. The number of benzene rings is 3. The van der Waals surface area contributed by atoms with Crippen LogP contribution in [-0.4, -0.2) is 19.0 Å². The largest absolute Gasteiger partial charge is 0.493 e. The van der Waals surface area contributed by atoms with E-state index < -0.39 is 11.9 Å². The number of nitrogens with zero attached hydrogens (tertiary/aromatic N) is 1. The SMILES string of the molecule is COc1cc(/C=C(\C#N)C(=O)Nc2ccccc2C)ccc1OC(=O)c1ccccc1Cl. The average Bonchev–Trinajstić information content (AvgIpc) is 2.79. The van der Waals surface area contributed by atoms with Crippen LogP contribution in [0.15, 0.2) is 72.3 Å². The molecule has 160 valence electrons. The van der Waals surface area contributed by atoms with Crippen LogP contribution < -0.4 is 14.8 Å². The molecule has 7 heteroatoms. The van der Waals surface area contributed by atoms with Crippen LogP contribution in [0.25, 0.3) is 6.08 Å². The van der Waals surface area contributed by atoms with E-state index in [1.807, 2.05) is 25.1 Å². The Hall–Kier alpha value is -4.08. The monoisotopic (exact) mass is 446 g/mol. The van der Waals surface area contributed by atoms with E-state index in [2.05, 4.69) is 5.32 Å². The molecule has 0 saturated carbocycles. The number of amides is 1. The molecule has 3 aromatic rings. The van der Waals surface area contributed by atoms with Gasteiger partial charge in [0.15, 0.2) is 11.5 Å². The van der Waals surface area contributed by atoms with Crippen molar-refractivity contribution in [3.05, 3.63) is 94.0 Å². The first-order valence-electron chi connectivity index (χ1n) is 9.56. The third-order valence-electron chi connectivity index (χ3n) is 4.55. The lowest BCUT2D eigenvalue weighted by molar-refractivity contribution is -0.112. The van der Waals surface area contributed by atoms with E-state index in [1.165, 1.54) is 19.3 Å². The fraction of sp³-hybridized carbons (Fsp3) is 0.0800. The molecular weight excluding hydrogens is 428 g/mol. The van der Waals surface area contributed by atoms with Crippen LogP contribution >= 0.6 is 11.6 Å². The van der Waals surface area contributed by atoms with Gasteiger partial charge in [-0.2, -0.15) is 5.26 Å². The number of hydrogen-bond donors (Lipinski definition) is 1. The van der Waals surface area contributed by atoms with Crippen molar-refractivity contribution in [2.75, 3.05) is 12.4 Å². The van der Waals surface area contributed by atoms with Gasteiger partial charge in [0.25, 0.3) is 5.91 Å². The average molecular weight is 447 g/mol. The number of esters is 1. The molecule has 0 atom stereocenters. The van der Waals surface area contributed by atoms with Crippen molar-refractivity contribution in [1.82, 2.24) is 0 Å². The Labute approximate surface area is 190 Å². The summed E-state index contributed by atoms with van der Waals surface area (Å²) < 4.78 is 10.7. The fourth-order valence-corrected chi connectivity index (χ4v) is 3.07. The highest BCUT2D eigenvalue weighted by Gasteiger charge is 2.16. The van der Waals surface area contributed by atoms with Crippen LogP contribution in [0.4, 0.5) is 5.69 Å². The lowest BCUT2D eigenvalue weighted by atomic mass is 10.1. The van der Waals surface area contributed by atoms with Crippen molar-refractivity contribution in [2.45, 2.75) is 6.92 Å². The van der Waals surface area contributed by atoms with Crippen molar-refractivity contribution in [3.8, 4) is 17.6 Å². The summed E-state index contributed by atoms with van der Waals surface area (Å²) in [6.07, 6.45) is 1.43. The quantitative estimate of drug-likeness (QED) is 0.236. The van der Waals surface area contributed by atoms with E-state index in [1.54, 1.807) is 48.5 Å². The molecule has 6 nitrogen and oxygen atoms in total. The summed E-state index contributed by atoms with van der Waals surface area (Å²) in [5.74, 6) is -0.726. The molecule has 0 radical (unpaired) electrons. The summed E-state index contributed by atoms with van der Waals surface area (Å²) in [6, 6.07) is 20.4. The fourth-order valence-electron chi connectivity index (χ4n) is 2.86. The summed E-state index contributed by atoms with van der Waals surface area (Å²) in [6.45, 7) is 1.86. The molecule has 0 unspecified atom stereocenters. The van der Waals surface area contributed by atoms with Gasteiger partial charge in [-0.3, -0.25) is 4.79 Å². The highest BCUT2D eigenvalue weighted by Crippen LogP contribution is 2.30. The third-order valence-corrected chi connectivity index (χ3v) is 4.88. The number of nitriles is 1.